The fourth-order valence-electron chi connectivity index (χ4n) is 8.78. The Balaban J connectivity index is 1.03. The number of pyridine rings is 2. The quantitative estimate of drug-likeness (QED) is 0.130. The van der Waals surface area contributed by atoms with E-state index in [0.29, 0.717) is 59.1 Å². The van der Waals surface area contributed by atoms with E-state index in [-0.39, 0.29) is 58.7 Å². The highest BCUT2D eigenvalue weighted by molar-refractivity contribution is 6.39. The number of nitrogens with one attached hydrogen (secondary N) is 2. The number of benzene rings is 1. The summed E-state index contributed by atoms with van der Waals surface area (Å²) in [6, 6.07) is 10.4. The van der Waals surface area contributed by atoms with Crippen LogP contribution in [0.1, 0.15) is 108 Å². The Morgan fingerprint density at radius 1 is 0.908 bits per heavy atom. The molecule has 2 N–H and O–H groups in total. The molecular formula is C48H60Cl2N8O7. The van der Waals surface area contributed by atoms with Crippen LogP contribution in [0.15, 0.2) is 42.6 Å². The molecule has 17 heteroatoms. The molecular weight excluding hydrogens is 871 g/mol. The molecule has 0 radical (unpaired) electrons. The Morgan fingerprint density at radius 3 is 2.32 bits per heavy atom. The number of fused-ring (bicyclic) bond motifs is 1. The Labute approximate surface area is 390 Å². The topological polar surface area (TPSA) is 170 Å². The van der Waals surface area contributed by atoms with Gasteiger partial charge in [0.2, 0.25) is 11.8 Å². The van der Waals surface area contributed by atoms with Crippen molar-refractivity contribution in [1.29, 1.82) is 0 Å². The van der Waals surface area contributed by atoms with Gasteiger partial charge in [0.25, 0.3) is 5.91 Å². The number of imidazole rings is 1. The summed E-state index contributed by atoms with van der Waals surface area (Å²) in [6.45, 7) is 14.0. The lowest BCUT2D eigenvalue weighted by atomic mass is 9.81. The predicted octanol–water partition coefficient (Wildman–Crippen LogP) is 8.63. The highest BCUT2D eigenvalue weighted by Gasteiger charge is 2.33. The van der Waals surface area contributed by atoms with E-state index in [2.05, 4.69) is 20.5 Å². The highest BCUT2D eigenvalue weighted by atomic mass is 35.5. The van der Waals surface area contributed by atoms with Gasteiger partial charge in [0.1, 0.15) is 11.2 Å². The van der Waals surface area contributed by atoms with Crippen LogP contribution in [0.4, 0.5) is 10.5 Å². The first-order valence-electron chi connectivity index (χ1n) is 22.3. The smallest absolute Gasteiger partial charge is 0.410 e. The van der Waals surface area contributed by atoms with Crippen LogP contribution in [-0.4, -0.2) is 97.2 Å². The van der Waals surface area contributed by atoms with Crippen LogP contribution in [0.3, 0.4) is 0 Å². The number of anilines is 1. The molecule has 2 aliphatic heterocycles. The molecule has 4 aromatic rings. The zero-order valence-corrected chi connectivity index (χ0v) is 40.1. The molecule has 1 aromatic carbocycles. The molecule has 3 aliphatic rings. The van der Waals surface area contributed by atoms with Crippen molar-refractivity contribution >= 4 is 52.8 Å². The van der Waals surface area contributed by atoms with E-state index in [4.69, 9.17) is 47.4 Å². The molecule has 3 aromatic heterocycles. The van der Waals surface area contributed by atoms with Gasteiger partial charge in [0.15, 0.2) is 5.82 Å². The van der Waals surface area contributed by atoms with Gasteiger partial charge < -0.3 is 34.3 Å². The lowest BCUT2D eigenvalue weighted by Gasteiger charge is -2.34. The summed E-state index contributed by atoms with van der Waals surface area (Å²) in [6.07, 6.45) is 6.50. The molecule has 0 spiro atoms. The fraction of sp³-hybridized carbons (Fsp3) is 0.521. The van der Waals surface area contributed by atoms with Crippen LogP contribution in [0.5, 0.6) is 5.88 Å². The normalized spacial score (nSPS) is 19.0. The zero-order valence-electron chi connectivity index (χ0n) is 38.6. The standard InChI is InChI=1S/C48H60Cl2N8O7/c1-47(2,3)64-45(61)29-14-12-28(13-15-29)24-57-23-21-35-37(27-57)56(7)42(53-35)43(60)54-36-11-9-10-33(39(36)49)41-40(50)32(20-22-51-41)34-18-16-30(44(55-34)63-8)25-58(46(62)65-48(4,5)6)26-31-17-19-38(59)52-31/h9-11,16,18,20,22,28-29,31H,12-15,17,19,21,23-27H2,1-8H3,(H,52,59)(H,54,60)/t28?,29?,31-/m0/s1. The van der Waals surface area contributed by atoms with E-state index in [1.54, 1.807) is 62.2 Å². The number of ether oxygens (including phenoxy) is 3. The second-order valence-electron chi connectivity index (χ2n) is 19.3. The molecule has 1 atom stereocenters. The number of carbonyl (C=O) groups excluding carboxylic acids is 4. The molecule has 0 unspecified atom stereocenters. The molecule has 0 bridgehead atoms. The van der Waals surface area contributed by atoms with Crippen molar-refractivity contribution in [2.75, 3.05) is 32.1 Å². The SMILES string of the molecule is COc1nc(-c2ccnc(-c3cccc(NC(=O)c4nc5c(n4C)CN(CC4CCC(C(=O)OC(C)(C)C)CC4)CC5)c3Cl)c2Cl)ccc1CN(C[C@@H]1CCC(=O)N1)C(=O)OC(C)(C)C. The summed E-state index contributed by atoms with van der Waals surface area (Å²) in [7, 11) is 3.37. The van der Waals surface area contributed by atoms with Crippen LogP contribution in [-0.2, 0) is 45.6 Å². The average molecular weight is 932 g/mol. The molecule has 1 saturated carbocycles. The largest absolute Gasteiger partial charge is 0.481 e. The van der Waals surface area contributed by atoms with Crippen molar-refractivity contribution in [3.8, 4) is 28.4 Å². The Hall–Kier alpha value is -5.25. The first kappa shape index (κ1) is 47.7. The third kappa shape index (κ3) is 11.6. The maximum absolute atomic E-state index is 13.9. The molecule has 3 amide bonds. The lowest BCUT2D eigenvalue weighted by Crippen LogP contribution is -2.43. The minimum atomic E-state index is -0.721. The number of nitrogens with zero attached hydrogens (tertiary/aromatic N) is 6. The minimum Gasteiger partial charge on any atom is -0.481 e. The van der Waals surface area contributed by atoms with Gasteiger partial charge in [-0.25, -0.2) is 14.8 Å². The van der Waals surface area contributed by atoms with E-state index < -0.39 is 23.2 Å². The van der Waals surface area contributed by atoms with E-state index >= 15 is 0 Å². The van der Waals surface area contributed by atoms with Crippen LogP contribution in [0.2, 0.25) is 10.0 Å². The summed E-state index contributed by atoms with van der Waals surface area (Å²) < 4.78 is 19.0. The summed E-state index contributed by atoms with van der Waals surface area (Å²) in [5, 5.41) is 6.43. The predicted molar refractivity (Wildman–Crippen MR) is 249 cm³/mol. The highest BCUT2D eigenvalue weighted by Crippen LogP contribution is 2.41. The van der Waals surface area contributed by atoms with Crippen LogP contribution in [0.25, 0.3) is 22.5 Å². The van der Waals surface area contributed by atoms with Crippen molar-refractivity contribution in [3.05, 3.63) is 75.4 Å². The fourth-order valence-corrected chi connectivity index (χ4v) is 9.36. The Kier molecular flexibility index (Phi) is 14.5. The Bertz CT molecular complexity index is 2440. The number of rotatable bonds is 12. The number of amides is 3. The number of halogens is 2. The summed E-state index contributed by atoms with van der Waals surface area (Å²) >= 11 is 14.1. The van der Waals surface area contributed by atoms with Crippen molar-refractivity contribution in [1.82, 2.24) is 34.6 Å². The number of methoxy groups -OCH3 is 1. The summed E-state index contributed by atoms with van der Waals surface area (Å²) in [5.41, 5.74) is 3.67. The molecule has 15 nitrogen and oxygen atoms in total. The third-order valence-corrected chi connectivity index (χ3v) is 12.8. The first-order chi connectivity index (χ1) is 30.8. The van der Waals surface area contributed by atoms with Gasteiger partial charge in [0, 0.05) is 75.0 Å². The summed E-state index contributed by atoms with van der Waals surface area (Å²) in [5.74, 6) is 0.510. The molecule has 2 fully saturated rings. The maximum Gasteiger partial charge on any atom is 0.410 e. The molecule has 1 aliphatic carbocycles. The van der Waals surface area contributed by atoms with Gasteiger partial charge in [-0.05, 0) is 104 Å². The number of esters is 1. The van der Waals surface area contributed by atoms with E-state index in [1.807, 2.05) is 38.5 Å². The van der Waals surface area contributed by atoms with Gasteiger partial charge in [-0.1, -0.05) is 35.3 Å². The van der Waals surface area contributed by atoms with Crippen molar-refractivity contribution in [3.63, 3.8) is 0 Å². The van der Waals surface area contributed by atoms with E-state index in [0.717, 1.165) is 56.6 Å². The van der Waals surface area contributed by atoms with E-state index in [9.17, 15) is 19.2 Å². The molecule has 65 heavy (non-hydrogen) atoms. The van der Waals surface area contributed by atoms with Crippen molar-refractivity contribution in [2.45, 2.75) is 117 Å². The maximum atomic E-state index is 13.9. The lowest BCUT2D eigenvalue weighted by molar-refractivity contribution is -0.161. The zero-order chi connectivity index (χ0) is 46.8. The first-order valence-corrected chi connectivity index (χ1v) is 23.1. The van der Waals surface area contributed by atoms with Crippen molar-refractivity contribution in [2.24, 2.45) is 18.9 Å². The van der Waals surface area contributed by atoms with Gasteiger partial charge in [-0.15, -0.1) is 0 Å². The van der Waals surface area contributed by atoms with Gasteiger partial charge in [-0.2, -0.15) is 0 Å². The summed E-state index contributed by atoms with van der Waals surface area (Å²) in [4.78, 5) is 69.9. The number of carbonyl (C=O) groups is 4. The molecule has 5 heterocycles. The van der Waals surface area contributed by atoms with Crippen LogP contribution >= 0.6 is 23.2 Å². The van der Waals surface area contributed by atoms with Crippen molar-refractivity contribution < 1.29 is 33.4 Å². The molecule has 7 rings (SSSR count). The second-order valence-corrected chi connectivity index (χ2v) is 20.1. The Morgan fingerprint density at radius 2 is 1.65 bits per heavy atom. The second kappa shape index (κ2) is 19.7. The number of hydrogen-bond acceptors (Lipinski definition) is 11. The van der Waals surface area contributed by atoms with Gasteiger partial charge in [-0.3, -0.25) is 24.3 Å². The minimum absolute atomic E-state index is 0.0337. The third-order valence-electron chi connectivity index (χ3n) is 12.0. The molecule has 1 saturated heterocycles. The van der Waals surface area contributed by atoms with Gasteiger partial charge in [0.05, 0.1) is 58.1 Å². The van der Waals surface area contributed by atoms with Gasteiger partial charge >= 0.3 is 12.1 Å². The number of hydrogen-bond donors (Lipinski definition) is 2. The molecule has 348 valence electrons. The van der Waals surface area contributed by atoms with E-state index in [1.165, 1.54) is 7.11 Å². The number of aromatic nitrogens is 4. The van der Waals surface area contributed by atoms with Crippen LogP contribution in [0, 0.1) is 11.8 Å². The monoisotopic (exact) mass is 930 g/mol. The average Bonchev–Trinajstić information content (AvgIpc) is 3.81. The van der Waals surface area contributed by atoms with Crippen LogP contribution < -0.4 is 15.4 Å².